The number of carbonyl (C=O) groups is 1. The van der Waals surface area contributed by atoms with Gasteiger partial charge in [-0.3, -0.25) is 4.79 Å². The van der Waals surface area contributed by atoms with Crippen LogP contribution in [0.3, 0.4) is 0 Å². The Morgan fingerprint density at radius 3 is 2.67 bits per heavy atom. The molecule has 0 aromatic heterocycles. The second-order valence-electron chi connectivity index (χ2n) is 6.08. The fourth-order valence-corrected chi connectivity index (χ4v) is 3.15. The van der Waals surface area contributed by atoms with Crippen LogP contribution in [0.2, 0.25) is 0 Å². The zero-order valence-corrected chi connectivity index (χ0v) is 14.2. The van der Waals surface area contributed by atoms with Gasteiger partial charge in [0.05, 0.1) is 25.9 Å². The van der Waals surface area contributed by atoms with Gasteiger partial charge in [-0.2, -0.15) is 0 Å². The summed E-state index contributed by atoms with van der Waals surface area (Å²) in [5.41, 5.74) is 1.81. The first-order valence-corrected chi connectivity index (χ1v) is 8.71. The molecule has 2 saturated heterocycles. The van der Waals surface area contributed by atoms with Gasteiger partial charge in [0, 0.05) is 37.6 Å². The number of ether oxygens (including phenoxy) is 3. The predicted molar refractivity (Wildman–Crippen MR) is 91.6 cm³/mol. The van der Waals surface area contributed by atoms with E-state index in [-0.39, 0.29) is 18.1 Å². The largest absolute Gasteiger partial charge is 0.379 e. The molecule has 0 aliphatic carbocycles. The zero-order valence-electron chi connectivity index (χ0n) is 14.2. The topological polar surface area (TPSA) is 60.0 Å². The standard InChI is InChI=1S/C18H26N2O4/c1-2-24-17-13-23-10-7-16(17)19-18(21)14-3-5-15(6-4-14)20-8-11-22-12-9-20/h3-6,16-17H,2,7-13H2,1H3,(H,19,21)/t16-,17-/m1/s1. The van der Waals surface area contributed by atoms with Crippen LogP contribution >= 0.6 is 0 Å². The number of nitrogens with one attached hydrogen (secondary N) is 1. The number of amides is 1. The summed E-state index contributed by atoms with van der Waals surface area (Å²) < 4.78 is 16.5. The number of benzene rings is 1. The third kappa shape index (κ3) is 4.26. The van der Waals surface area contributed by atoms with Crippen LogP contribution in [0.25, 0.3) is 0 Å². The van der Waals surface area contributed by atoms with Crippen molar-refractivity contribution in [3.63, 3.8) is 0 Å². The third-order valence-electron chi connectivity index (χ3n) is 4.51. The first-order valence-electron chi connectivity index (χ1n) is 8.71. The van der Waals surface area contributed by atoms with Gasteiger partial charge in [0.2, 0.25) is 0 Å². The summed E-state index contributed by atoms with van der Waals surface area (Å²) in [5.74, 6) is -0.0554. The maximum absolute atomic E-state index is 12.5. The Labute approximate surface area is 143 Å². The van der Waals surface area contributed by atoms with Crippen LogP contribution in [0, 0.1) is 0 Å². The molecule has 0 bridgehead atoms. The van der Waals surface area contributed by atoms with Gasteiger partial charge in [0.25, 0.3) is 5.91 Å². The Bertz CT molecular complexity index is 526. The molecule has 0 radical (unpaired) electrons. The van der Waals surface area contributed by atoms with Crippen LogP contribution < -0.4 is 10.2 Å². The van der Waals surface area contributed by atoms with Gasteiger partial charge in [-0.1, -0.05) is 0 Å². The van der Waals surface area contributed by atoms with Crippen molar-refractivity contribution in [2.24, 2.45) is 0 Å². The van der Waals surface area contributed by atoms with Crippen molar-refractivity contribution in [2.75, 3.05) is 51.0 Å². The number of carbonyl (C=O) groups excluding carboxylic acids is 1. The molecule has 6 heteroatoms. The van der Waals surface area contributed by atoms with Crippen molar-refractivity contribution in [3.8, 4) is 0 Å². The van der Waals surface area contributed by atoms with E-state index in [1.54, 1.807) is 0 Å². The molecule has 6 nitrogen and oxygen atoms in total. The molecule has 132 valence electrons. The quantitative estimate of drug-likeness (QED) is 0.883. The van der Waals surface area contributed by atoms with E-state index in [2.05, 4.69) is 10.2 Å². The average molecular weight is 334 g/mol. The molecule has 0 unspecified atom stereocenters. The van der Waals surface area contributed by atoms with Gasteiger partial charge in [0.1, 0.15) is 6.10 Å². The van der Waals surface area contributed by atoms with Crippen molar-refractivity contribution in [3.05, 3.63) is 29.8 Å². The normalized spacial score (nSPS) is 24.6. The molecule has 2 fully saturated rings. The number of morpholine rings is 1. The highest BCUT2D eigenvalue weighted by Crippen LogP contribution is 2.17. The van der Waals surface area contributed by atoms with E-state index < -0.39 is 0 Å². The molecule has 2 aliphatic heterocycles. The molecular formula is C18H26N2O4. The van der Waals surface area contributed by atoms with Crippen molar-refractivity contribution in [1.82, 2.24) is 5.32 Å². The lowest BCUT2D eigenvalue weighted by Gasteiger charge is -2.32. The SMILES string of the molecule is CCO[C@@H]1COCC[C@H]1NC(=O)c1ccc(N2CCOCC2)cc1. The first-order chi connectivity index (χ1) is 11.8. The second-order valence-corrected chi connectivity index (χ2v) is 6.08. The minimum Gasteiger partial charge on any atom is -0.379 e. The third-order valence-corrected chi connectivity index (χ3v) is 4.51. The lowest BCUT2D eigenvalue weighted by atomic mass is 10.0. The van der Waals surface area contributed by atoms with Crippen LogP contribution in [-0.2, 0) is 14.2 Å². The summed E-state index contributed by atoms with van der Waals surface area (Å²) >= 11 is 0. The summed E-state index contributed by atoms with van der Waals surface area (Å²) in [6, 6.07) is 7.78. The van der Waals surface area contributed by atoms with E-state index in [0.29, 0.717) is 25.4 Å². The van der Waals surface area contributed by atoms with Gasteiger partial charge in [0.15, 0.2) is 0 Å². The van der Waals surface area contributed by atoms with E-state index in [4.69, 9.17) is 14.2 Å². The second kappa shape index (κ2) is 8.46. The maximum atomic E-state index is 12.5. The molecular weight excluding hydrogens is 308 g/mol. The maximum Gasteiger partial charge on any atom is 0.251 e. The van der Waals surface area contributed by atoms with Crippen LogP contribution in [0.15, 0.2) is 24.3 Å². The van der Waals surface area contributed by atoms with E-state index in [0.717, 1.165) is 38.4 Å². The molecule has 1 aromatic carbocycles. The van der Waals surface area contributed by atoms with Crippen LogP contribution in [0.5, 0.6) is 0 Å². The molecule has 2 heterocycles. The molecule has 2 atom stereocenters. The lowest BCUT2D eigenvalue weighted by molar-refractivity contribution is -0.0632. The van der Waals surface area contributed by atoms with Crippen molar-refractivity contribution < 1.29 is 19.0 Å². The van der Waals surface area contributed by atoms with Crippen LogP contribution in [-0.4, -0.2) is 64.2 Å². The zero-order chi connectivity index (χ0) is 16.8. The van der Waals surface area contributed by atoms with Gasteiger partial charge in [-0.05, 0) is 37.6 Å². The van der Waals surface area contributed by atoms with Gasteiger partial charge in [-0.15, -0.1) is 0 Å². The van der Waals surface area contributed by atoms with Gasteiger partial charge in [-0.25, -0.2) is 0 Å². The van der Waals surface area contributed by atoms with Gasteiger partial charge < -0.3 is 24.4 Å². The van der Waals surface area contributed by atoms with Crippen LogP contribution in [0.4, 0.5) is 5.69 Å². The van der Waals surface area contributed by atoms with E-state index in [9.17, 15) is 4.79 Å². The highest BCUT2D eigenvalue weighted by Gasteiger charge is 2.27. The minimum atomic E-state index is -0.0691. The smallest absolute Gasteiger partial charge is 0.251 e. The van der Waals surface area contributed by atoms with E-state index >= 15 is 0 Å². The van der Waals surface area contributed by atoms with Crippen molar-refractivity contribution in [2.45, 2.75) is 25.5 Å². The summed E-state index contributed by atoms with van der Waals surface area (Å²) in [5, 5.41) is 3.09. The van der Waals surface area contributed by atoms with Crippen molar-refractivity contribution in [1.29, 1.82) is 0 Å². The Hall–Kier alpha value is -1.63. The Kier molecular flexibility index (Phi) is 6.07. The molecule has 3 rings (SSSR count). The number of rotatable bonds is 5. The lowest BCUT2D eigenvalue weighted by Crippen LogP contribution is -2.50. The van der Waals surface area contributed by atoms with Gasteiger partial charge >= 0.3 is 0 Å². The highest BCUT2D eigenvalue weighted by molar-refractivity contribution is 5.94. The molecule has 1 aromatic rings. The monoisotopic (exact) mass is 334 g/mol. The highest BCUT2D eigenvalue weighted by atomic mass is 16.5. The molecule has 1 N–H and O–H groups in total. The fourth-order valence-electron chi connectivity index (χ4n) is 3.15. The molecule has 2 aliphatic rings. The summed E-state index contributed by atoms with van der Waals surface area (Å²) in [7, 11) is 0. The van der Waals surface area contributed by atoms with E-state index in [1.807, 2.05) is 31.2 Å². The Morgan fingerprint density at radius 1 is 1.21 bits per heavy atom. The summed E-state index contributed by atoms with van der Waals surface area (Å²) in [6.07, 6.45) is 0.711. The number of anilines is 1. The Balaban J connectivity index is 1.59. The number of hydrogen-bond acceptors (Lipinski definition) is 5. The fraction of sp³-hybridized carbons (Fsp3) is 0.611. The minimum absolute atomic E-state index is 0.00474. The van der Waals surface area contributed by atoms with Crippen LogP contribution in [0.1, 0.15) is 23.7 Å². The van der Waals surface area contributed by atoms with E-state index in [1.165, 1.54) is 0 Å². The molecule has 0 saturated carbocycles. The average Bonchev–Trinajstić information content (AvgIpc) is 2.64. The summed E-state index contributed by atoms with van der Waals surface area (Å²) in [6.45, 7) is 7.06. The molecule has 1 amide bonds. The molecule has 0 spiro atoms. The predicted octanol–water partition coefficient (Wildman–Crippen LogP) is 1.45. The first kappa shape index (κ1) is 17.2. The summed E-state index contributed by atoms with van der Waals surface area (Å²) in [4.78, 5) is 14.8. The number of hydrogen-bond donors (Lipinski definition) is 1. The Morgan fingerprint density at radius 2 is 1.96 bits per heavy atom. The van der Waals surface area contributed by atoms with Crippen molar-refractivity contribution >= 4 is 11.6 Å². The molecule has 24 heavy (non-hydrogen) atoms. The number of nitrogens with zero attached hydrogens (tertiary/aromatic N) is 1.